The number of hydrogen-bond acceptors (Lipinski definition) is 3. The van der Waals surface area contributed by atoms with Crippen LogP contribution in [0.4, 0.5) is 0 Å². The normalized spacial score (nSPS) is 9.09. The number of nitriles is 1. The SMILES string of the molecule is Cc1cc(O)ccc1SC#N. The van der Waals surface area contributed by atoms with Crippen LogP contribution in [0.15, 0.2) is 23.1 Å². The molecule has 2 nitrogen and oxygen atoms in total. The zero-order chi connectivity index (χ0) is 8.27. The van der Waals surface area contributed by atoms with Crippen molar-refractivity contribution in [2.75, 3.05) is 0 Å². The Bertz CT molecular complexity index is 303. The highest BCUT2D eigenvalue weighted by atomic mass is 32.2. The van der Waals surface area contributed by atoms with Crippen molar-refractivity contribution in [2.24, 2.45) is 0 Å². The van der Waals surface area contributed by atoms with Crippen LogP contribution in [-0.4, -0.2) is 5.11 Å². The van der Waals surface area contributed by atoms with E-state index in [-0.39, 0.29) is 5.75 Å². The molecule has 0 bridgehead atoms. The monoisotopic (exact) mass is 165 g/mol. The molecule has 0 heterocycles. The van der Waals surface area contributed by atoms with Crippen LogP contribution in [0.3, 0.4) is 0 Å². The molecule has 1 aromatic carbocycles. The summed E-state index contributed by atoms with van der Waals surface area (Å²) in [5.74, 6) is 0.241. The lowest BCUT2D eigenvalue weighted by molar-refractivity contribution is 0.474. The van der Waals surface area contributed by atoms with Crippen LogP contribution in [0.25, 0.3) is 0 Å². The van der Waals surface area contributed by atoms with E-state index in [0.29, 0.717) is 0 Å². The Morgan fingerprint density at radius 1 is 1.55 bits per heavy atom. The van der Waals surface area contributed by atoms with E-state index < -0.39 is 0 Å². The Kier molecular flexibility index (Phi) is 2.40. The molecule has 0 radical (unpaired) electrons. The molecule has 0 aromatic heterocycles. The van der Waals surface area contributed by atoms with E-state index in [1.54, 1.807) is 18.2 Å². The molecule has 1 rings (SSSR count). The Morgan fingerprint density at radius 3 is 2.82 bits per heavy atom. The summed E-state index contributed by atoms with van der Waals surface area (Å²) in [5.41, 5.74) is 0.927. The van der Waals surface area contributed by atoms with Crippen molar-refractivity contribution >= 4 is 11.8 Å². The van der Waals surface area contributed by atoms with Gasteiger partial charge in [-0.25, -0.2) is 0 Å². The number of aromatic hydroxyl groups is 1. The number of aryl methyl sites for hydroxylation is 1. The molecule has 0 atom stereocenters. The van der Waals surface area contributed by atoms with E-state index in [4.69, 9.17) is 10.4 Å². The Hall–Kier alpha value is -1.14. The van der Waals surface area contributed by atoms with Crippen LogP contribution in [-0.2, 0) is 0 Å². The molecule has 0 fully saturated rings. The second-order valence-electron chi connectivity index (χ2n) is 2.14. The van der Waals surface area contributed by atoms with Crippen LogP contribution < -0.4 is 0 Å². The van der Waals surface area contributed by atoms with Crippen LogP contribution >= 0.6 is 11.8 Å². The Labute approximate surface area is 69.5 Å². The summed E-state index contributed by atoms with van der Waals surface area (Å²) in [5, 5.41) is 19.4. The molecule has 3 heteroatoms. The quantitative estimate of drug-likeness (QED) is 0.512. The molecule has 0 unspecified atom stereocenters. The van der Waals surface area contributed by atoms with Gasteiger partial charge in [0.2, 0.25) is 0 Å². The number of nitrogens with zero attached hydrogens (tertiary/aromatic N) is 1. The van der Waals surface area contributed by atoms with Crippen LogP contribution in [0, 0.1) is 17.6 Å². The van der Waals surface area contributed by atoms with Gasteiger partial charge in [-0.3, -0.25) is 0 Å². The molecule has 0 aliphatic carbocycles. The first-order valence-corrected chi connectivity index (χ1v) is 3.91. The third-order valence-electron chi connectivity index (χ3n) is 1.31. The largest absolute Gasteiger partial charge is 0.508 e. The average molecular weight is 165 g/mol. The summed E-state index contributed by atoms with van der Waals surface area (Å²) in [6, 6.07) is 4.95. The number of benzene rings is 1. The molecule has 0 saturated heterocycles. The minimum atomic E-state index is 0.241. The number of thiocyanates is 1. The van der Waals surface area contributed by atoms with Crippen molar-refractivity contribution in [3.8, 4) is 11.2 Å². The molecule has 56 valence electrons. The van der Waals surface area contributed by atoms with Gasteiger partial charge in [-0.15, -0.1) is 0 Å². The van der Waals surface area contributed by atoms with E-state index in [9.17, 15) is 0 Å². The predicted molar refractivity (Wildman–Crippen MR) is 44.3 cm³/mol. The van der Waals surface area contributed by atoms with Gasteiger partial charge >= 0.3 is 0 Å². The van der Waals surface area contributed by atoms with Crippen LogP contribution in [0.2, 0.25) is 0 Å². The zero-order valence-corrected chi connectivity index (χ0v) is 6.85. The molecule has 0 amide bonds. The molecular formula is C8H7NOS. The lowest BCUT2D eigenvalue weighted by Crippen LogP contribution is -1.76. The van der Waals surface area contributed by atoms with Gasteiger partial charge in [0.05, 0.1) is 0 Å². The van der Waals surface area contributed by atoms with Gasteiger partial charge in [0.15, 0.2) is 0 Å². The fourth-order valence-electron chi connectivity index (χ4n) is 0.797. The van der Waals surface area contributed by atoms with Gasteiger partial charge in [0.25, 0.3) is 0 Å². The van der Waals surface area contributed by atoms with Crippen molar-refractivity contribution in [3.05, 3.63) is 23.8 Å². The summed E-state index contributed by atoms with van der Waals surface area (Å²) in [6.07, 6.45) is 0. The molecule has 11 heavy (non-hydrogen) atoms. The van der Waals surface area contributed by atoms with E-state index >= 15 is 0 Å². The van der Waals surface area contributed by atoms with Gasteiger partial charge in [-0.1, -0.05) is 0 Å². The first-order chi connectivity index (χ1) is 5.24. The van der Waals surface area contributed by atoms with E-state index in [2.05, 4.69) is 0 Å². The van der Waals surface area contributed by atoms with E-state index in [1.165, 1.54) is 0 Å². The predicted octanol–water partition coefficient (Wildman–Crippen LogP) is 2.27. The molecule has 0 aliphatic rings. The van der Waals surface area contributed by atoms with Crippen molar-refractivity contribution < 1.29 is 5.11 Å². The molecule has 0 spiro atoms. The van der Waals surface area contributed by atoms with E-state index in [0.717, 1.165) is 22.2 Å². The summed E-state index contributed by atoms with van der Waals surface area (Å²) >= 11 is 1.11. The third-order valence-corrected chi connectivity index (χ3v) is 2.08. The molecule has 0 saturated carbocycles. The minimum absolute atomic E-state index is 0.241. The molecular weight excluding hydrogens is 158 g/mol. The van der Waals surface area contributed by atoms with Gasteiger partial charge in [-0.05, 0) is 42.4 Å². The van der Waals surface area contributed by atoms with Crippen molar-refractivity contribution in [2.45, 2.75) is 11.8 Å². The van der Waals surface area contributed by atoms with Crippen molar-refractivity contribution in [1.29, 1.82) is 5.26 Å². The fourth-order valence-corrected chi connectivity index (χ4v) is 1.25. The highest BCUT2D eigenvalue weighted by molar-refractivity contribution is 8.03. The minimum Gasteiger partial charge on any atom is -0.508 e. The average Bonchev–Trinajstić information content (AvgIpc) is 1.95. The Morgan fingerprint density at radius 2 is 2.27 bits per heavy atom. The Balaban J connectivity index is 3.01. The fraction of sp³-hybridized carbons (Fsp3) is 0.125. The van der Waals surface area contributed by atoms with E-state index in [1.807, 2.05) is 12.3 Å². The smallest absolute Gasteiger partial charge is 0.138 e. The number of phenols is 1. The van der Waals surface area contributed by atoms with Gasteiger partial charge in [-0.2, -0.15) is 5.26 Å². The third kappa shape index (κ3) is 1.89. The number of rotatable bonds is 1. The van der Waals surface area contributed by atoms with Gasteiger partial charge in [0, 0.05) is 4.90 Å². The molecule has 1 aromatic rings. The number of hydrogen-bond donors (Lipinski definition) is 1. The van der Waals surface area contributed by atoms with Crippen LogP contribution in [0.1, 0.15) is 5.56 Å². The van der Waals surface area contributed by atoms with Crippen molar-refractivity contribution in [3.63, 3.8) is 0 Å². The summed E-state index contributed by atoms with van der Waals surface area (Å²) in [4.78, 5) is 0.894. The molecule has 0 aliphatic heterocycles. The first kappa shape index (κ1) is 7.96. The number of phenolic OH excluding ortho intramolecular Hbond substituents is 1. The highest BCUT2D eigenvalue weighted by Gasteiger charge is 1.98. The van der Waals surface area contributed by atoms with Crippen molar-refractivity contribution in [1.82, 2.24) is 0 Å². The maximum atomic E-state index is 9.01. The first-order valence-electron chi connectivity index (χ1n) is 3.09. The van der Waals surface area contributed by atoms with Gasteiger partial charge in [0.1, 0.15) is 11.2 Å². The lowest BCUT2D eigenvalue weighted by atomic mass is 10.2. The maximum Gasteiger partial charge on any atom is 0.138 e. The summed E-state index contributed by atoms with van der Waals surface area (Å²) < 4.78 is 0. The van der Waals surface area contributed by atoms with Gasteiger partial charge < -0.3 is 5.11 Å². The number of thioether (sulfide) groups is 1. The maximum absolute atomic E-state index is 9.01. The summed E-state index contributed by atoms with van der Waals surface area (Å²) in [6.45, 7) is 1.86. The zero-order valence-electron chi connectivity index (χ0n) is 6.03. The van der Waals surface area contributed by atoms with Crippen LogP contribution in [0.5, 0.6) is 5.75 Å². The lowest BCUT2D eigenvalue weighted by Gasteiger charge is -1.99. The highest BCUT2D eigenvalue weighted by Crippen LogP contribution is 2.24. The standard InChI is InChI=1S/C8H7NOS/c1-6-4-7(10)2-3-8(6)11-5-9/h2-4,10H,1H3. The molecule has 1 N–H and O–H groups in total. The topological polar surface area (TPSA) is 44.0 Å². The summed E-state index contributed by atoms with van der Waals surface area (Å²) in [7, 11) is 0. The second-order valence-corrected chi connectivity index (χ2v) is 2.97. The second kappa shape index (κ2) is 3.31.